The van der Waals surface area contributed by atoms with Gasteiger partial charge in [0.15, 0.2) is 0 Å². The zero-order chi connectivity index (χ0) is 33.2. The van der Waals surface area contributed by atoms with Gasteiger partial charge in [-0.25, -0.2) is 23.1 Å². The SMILES string of the molecule is [B]C1([B])CCCCCC([B])([B])n2c(=O)c(C3(C#N)CC3)cc3c(nc(C)nc32)N[C@H](C)c2cccc(c2F)C(F)(F)CC2CN1C2. The number of nitrogens with one attached hydrogen (secondary N) is 1. The van der Waals surface area contributed by atoms with E-state index >= 15 is 13.2 Å². The Balaban J connectivity index is 1.50. The Morgan fingerprint density at radius 3 is 2.33 bits per heavy atom. The van der Waals surface area contributed by atoms with Gasteiger partial charge >= 0.3 is 0 Å². The molecule has 0 amide bonds. The third kappa shape index (κ3) is 5.78. The van der Waals surface area contributed by atoms with Gasteiger partial charge in [0.05, 0.1) is 59.9 Å². The third-order valence-electron chi connectivity index (χ3n) is 9.86. The summed E-state index contributed by atoms with van der Waals surface area (Å²) in [4.78, 5) is 24.9. The minimum atomic E-state index is -3.42. The number of rotatable bonds is 1. The van der Waals surface area contributed by atoms with Gasteiger partial charge in [-0.05, 0) is 50.4 Å². The lowest BCUT2D eigenvalue weighted by molar-refractivity contribution is -0.0652. The van der Waals surface area contributed by atoms with Gasteiger partial charge < -0.3 is 14.8 Å². The maximum absolute atomic E-state index is 15.9. The van der Waals surface area contributed by atoms with Crippen LogP contribution in [0.2, 0.25) is 0 Å². The molecule has 14 heteroatoms. The van der Waals surface area contributed by atoms with Crippen molar-refractivity contribution in [2.45, 2.75) is 93.3 Å². The van der Waals surface area contributed by atoms with Crippen molar-refractivity contribution in [1.29, 1.82) is 5.26 Å². The van der Waals surface area contributed by atoms with Gasteiger partial charge in [-0.1, -0.05) is 49.2 Å². The van der Waals surface area contributed by atoms with Crippen molar-refractivity contribution >= 4 is 48.2 Å². The van der Waals surface area contributed by atoms with Crippen molar-refractivity contribution in [2.24, 2.45) is 5.92 Å². The predicted molar refractivity (Wildman–Crippen MR) is 174 cm³/mol. The number of hydrogen-bond donors (Lipinski definition) is 1. The molecule has 1 N–H and O–H groups in total. The van der Waals surface area contributed by atoms with Crippen molar-refractivity contribution in [2.75, 3.05) is 18.4 Å². The highest BCUT2D eigenvalue weighted by Crippen LogP contribution is 2.47. The number of benzene rings is 1. The van der Waals surface area contributed by atoms with Crippen molar-refractivity contribution in [3.05, 3.63) is 63.0 Å². The standard InChI is InChI=1S/C32H33B4F3N6O/c1-18-21-7-6-8-23(25(21)37)30(38,39)14-20-15-44(16-20)31(33,34)9-4-3-5-10-32(35,36)45-27-22(26(41-18)42-19(2)43-27)13-24(28(45)46)29(17-40)11-12-29/h6-8,13,18,20H,3-5,9-12,14-16H2,1-2H3,(H,41,42,43)/t18-/m1/s1. The molecule has 1 saturated carbocycles. The molecule has 8 radical (unpaired) electrons. The second kappa shape index (κ2) is 11.5. The zero-order valence-corrected chi connectivity index (χ0v) is 26.1. The van der Waals surface area contributed by atoms with Crippen LogP contribution in [0.3, 0.4) is 0 Å². The van der Waals surface area contributed by atoms with E-state index in [1.165, 1.54) is 16.7 Å². The van der Waals surface area contributed by atoms with Crippen LogP contribution in [0.1, 0.15) is 86.8 Å². The summed E-state index contributed by atoms with van der Waals surface area (Å²) in [5.74, 6) is -4.34. The minimum Gasteiger partial charge on any atom is -0.363 e. The lowest BCUT2D eigenvalue weighted by Crippen LogP contribution is -2.61. The van der Waals surface area contributed by atoms with E-state index in [2.05, 4.69) is 21.4 Å². The van der Waals surface area contributed by atoms with E-state index in [1.54, 1.807) is 24.8 Å². The van der Waals surface area contributed by atoms with Crippen LogP contribution in [-0.2, 0) is 16.7 Å². The lowest BCUT2D eigenvalue weighted by Gasteiger charge is -2.51. The Bertz CT molecular complexity index is 1780. The van der Waals surface area contributed by atoms with Gasteiger partial charge in [0.25, 0.3) is 11.5 Å². The number of pyridine rings is 1. The molecular formula is C32H33B4F3N6O. The molecule has 1 atom stereocenters. The average Bonchev–Trinajstić information content (AvgIpc) is 3.74. The highest BCUT2D eigenvalue weighted by Gasteiger charge is 2.48. The quantitative estimate of drug-likeness (QED) is 0.411. The van der Waals surface area contributed by atoms with Crippen molar-refractivity contribution in [3.63, 3.8) is 0 Å². The molecule has 0 spiro atoms. The molecule has 7 rings (SSSR count). The van der Waals surface area contributed by atoms with E-state index in [0.717, 1.165) is 6.07 Å². The Kier molecular flexibility index (Phi) is 8.19. The normalized spacial score (nSPS) is 26.6. The van der Waals surface area contributed by atoms with Crippen LogP contribution in [-0.4, -0.2) is 69.2 Å². The molecule has 0 unspecified atom stereocenters. The Labute approximate surface area is 272 Å². The van der Waals surface area contributed by atoms with Crippen LogP contribution >= 0.6 is 0 Å². The summed E-state index contributed by atoms with van der Waals surface area (Å²) in [5, 5.41) is 10.7. The van der Waals surface area contributed by atoms with E-state index in [9.17, 15) is 10.1 Å². The van der Waals surface area contributed by atoms with Crippen LogP contribution in [0, 0.1) is 30.0 Å². The smallest absolute Gasteiger partial charge is 0.276 e. The highest BCUT2D eigenvalue weighted by molar-refractivity contribution is 6.40. The number of nitrogens with zero attached hydrogens (tertiary/aromatic N) is 5. The molecule has 46 heavy (non-hydrogen) atoms. The molecule has 5 heterocycles. The summed E-state index contributed by atoms with van der Waals surface area (Å²) in [6, 6.07) is 6.99. The molecule has 3 aliphatic heterocycles. The van der Waals surface area contributed by atoms with Gasteiger partial charge in [0.1, 0.15) is 23.1 Å². The van der Waals surface area contributed by atoms with E-state index in [0.29, 0.717) is 43.9 Å². The highest BCUT2D eigenvalue weighted by atomic mass is 19.3. The number of halogens is 3. The summed E-state index contributed by atoms with van der Waals surface area (Å²) < 4.78 is 48.4. The first kappa shape index (κ1) is 32.7. The second-order valence-electron chi connectivity index (χ2n) is 13.5. The van der Waals surface area contributed by atoms with Crippen molar-refractivity contribution in [1.82, 2.24) is 19.4 Å². The summed E-state index contributed by atoms with van der Waals surface area (Å²) in [6.07, 6.45) is 2.83. The molecule has 7 nitrogen and oxygen atoms in total. The predicted octanol–water partition coefficient (Wildman–Crippen LogP) is 4.28. The fourth-order valence-corrected chi connectivity index (χ4v) is 6.92. The van der Waals surface area contributed by atoms with E-state index in [1.807, 2.05) is 0 Å². The third-order valence-corrected chi connectivity index (χ3v) is 9.86. The van der Waals surface area contributed by atoms with Gasteiger partial charge in [-0.15, -0.1) is 0 Å². The van der Waals surface area contributed by atoms with Crippen LogP contribution in [0.5, 0.6) is 0 Å². The van der Waals surface area contributed by atoms with Crippen molar-refractivity contribution in [3.8, 4) is 6.07 Å². The summed E-state index contributed by atoms with van der Waals surface area (Å²) in [7, 11) is 26.2. The largest absolute Gasteiger partial charge is 0.363 e. The maximum Gasteiger partial charge on any atom is 0.276 e. The minimum absolute atomic E-state index is 0.0156. The molecule has 2 aromatic heterocycles. The van der Waals surface area contributed by atoms with Crippen LogP contribution < -0.4 is 10.9 Å². The van der Waals surface area contributed by atoms with Crippen LogP contribution in [0.15, 0.2) is 29.1 Å². The maximum atomic E-state index is 15.9. The van der Waals surface area contributed by atoms with E-state index in [-0.39, 0.29) is 47.9 Å². The Morgan fingerprint density at radius 1 is 1.00 bits per heavy atom. The van der Waals surface area contributed by atoms with Gasteiger partial charge in [0.2, 0.25) is 0 Å². The molecule has 1 saturated heterocycles. The number of nitriles is 1. The van der Waals surface area contributed by atoms with E-state index < -0.39 is 57.3 Å². The fraction of sp³-hybridized carbons (Fsp3) is 0.562. The number of fused-ring (bicyclic) bond motifs is 8. The number of hydrogen-bond acceptors (Lipinski definition) is 6. The molecule has 4 aliphatic rings. The Morgan fingerprint density at radius 2 is 1.67 bits per heavy atom. The van der Waals surface area contributed by atoms with Crippen molar-refractivity contribution < 1.29 is 13.2 Å². The summed E-state index contributed by atoms with van der Waals surface area (Å²) in [5.41, 5.74) is -1.81. The number of alkyl halides is 2. The van der Waals surface area contributed by atoms with Gasteiger partial charge in [-0.3, -0.25) is 4.79 Å². The lowest BCUT2D eigenvalue weighted by atomic mass is 9.56. The zero-order valence-electron chi connectivity index (χ0n) is 26.1. The molecular weight excluding hydrogens is 585 g/mol. The Hall–Kier alpha value is -3.19. The van der Waals surface area contributed by atoms with Crippen LogP contribution in [0.25, 0.3) is 11.0 Å². The number of aryl methyl sites for hydroxylation is 1. The average molecular weight is 618 g/mol. The molecule has 1 aliphatic carbocycles. The van der Waals surface area contributed by atoms with E-state index in [4.69, 9.17) is 31.4 Å². The van der Waals surface area contributed by atoms with Gasteiger partial charge in [-0.2, -0.15) is 5.26 Å². The number of aromatic nitrogens is 3. The fourth-order valence-electron chi connectivity index (χ4n) is 6.92. The molecule has 3 aromatic rings. The first-order valence-corrected chi connectivity index (χ1v) is 15.8. The van der Waals surface area contributed by atoms with Crippen LogP contribution in [0.4, 0.5) is 19.0 Å². The first-order valence-electron chi connectivity index (χ1n) is 15.8. The molecule has 1 aromatic carbocycles. The molecule has 8 bridgehead atoms. The topological polar surface area (TPSA) is 86.8 Å². The monoisotopic (exact) mass is 618 g/mol. The summed E-state index contributed by atoms with van der Waals surface area (Å²) in [6.45, 7) is 3.82. The van der Waals surface area contributed by atoms with Gasteiger partial charge in [0, 0.05) is 30.6 Å². The number of anilines is 1. The second-order valence-corrected chi connectivity index (χ2v) is 13.5. The summed E-state index contributed by atoms with van der Waals surface area (Å²) >= 11 is 0. The molecule has 2 fully saturated rings. The molecule has 230 valence electrons. The first-order chi connectivity index (χ1) is 21.6.